The zero-order chi connectivity index (χ0) is 21.4. The molecular weight excluding hydrogens is 422 g/mol. The van der Waals surface area contributed by atoms with Crippen molar-refractivity contribution in [3.05, 3.63) is 12.4 Å². The Labute approximate surface area is 169 Å². The molecule has 4 heterocycles. The van der Waals surface area contributed by atoms with Gasteiger partial charge in [-0.25, -0.2) is 14.6 Å². The Balaban J connectivity index is 1.38. The first kappa shape index (κ1) is 19.8. The van der Waals surface area contributed by atoms with Crippen LogP contribution in [0.1, 0.15) is 27.0 Å². The lowest BCUT2D eigenvalue weighted by atomic mass is 10.0. The van der Waals surface area contributed by atoms with Gasteiger partial charge >= 0.3 is 19.8 Å². The Kier molecular flexibility index (Phi) is 4.22. The van der Waals surface area contributed by atoms with Gasteiger partial charge in [-0.15, -0.1) is 0 Å². The largest absolute Gasteiger partial charge is 0.465 e. The molecule has 162 valence electrons. The number of fused-ring (bicyclic) bond motifs is 2. The number of hydrogen-bond donors (Lipinski definition) is 2. The summed E-state index contributed by atoms with van der Waals surface area (Å²) < 4.78 is 50.6. The number of rotatable bonds is 5. The average molecular weight is 442 g/mol. The minimum Gasteiger partial charge on any atom is -0.465 e. The molecule has 3 fully saturated rings. The third-order valence-electron chi connectivity index (χ3n) is 5.70. The van der Waals surface area contributed by atoms with Gasteiger partial charge in [0.2, 0.25) is 0 Å². The number of halogens is 1. The van der Waals surface area contributed by atoms with Gasteiger partial charge in [-0.3, -0.25) is 18.4 Å². The van der Waals surface area contributed by atoms with Crippen molar-refractivity contribution in [1.82, 2.24) is 24.6 Å². The molecule has 30 heavy (non-hydrogen) atoms. The number of esters is 1. The van der Waals surface area contributed by atoms with E-state index in [1.54, 1.807) is 11.5 Å². The van der Waals surface area contributed by atoms with E-state index in [4.69, 9.17) is 24.3 Å². The molecule has 3 N–H and O–H groups in total. The van der Waals surface area contributed by atoms with Crippen molar-refractivity contribution in [2.75, 3.05) is 12.3 Å². The molecule has 5 rings (SSSR count). The van der Waals surface area contributed by atoms with Gasteiger partial charge < -0.3 is 15.2 Å². The van der Waals surface area contributed by atoms with Crippen molar-refractivity contribution in [3.8, 4) is 0 Å². The summed E-state index contributed by atoms with van der Waals surface area (Å²) in [6.45, 7) is 5.23. The first-order valence-corrected chi connectivity index (χ1v) is 11.0. The predicted molar refractivity (Wildman–Crippen MR) is 98.3 cm³/mol. The molecule has 1 unspecified atom stereocenters. The zero-order valence-electron chi connectivity index (χ0n) is 16.3. The topological polar surface area (TPSA) is 153 Å². The number of nitrogens with one attached hydrogen (secondary N) is 1. The van der Waals surface area contributed by atoms with Crippen molar-refractivity contribution in [1.29, 1.82) is 0 Å². The Hall–Kier alpha value is -2.18. The molecule has 3 aliphatic rings. The third-order valence-corrected chi connectivity index (χ3v) is 7.46. The first-order chi connectivity index (χ1) is 14.2. The second kappa shape index (κ2) is 6.41. The van der Waals surface area contributed by atoms with Crippen molar-refractivity contribution < 1.29 is 32.3 Å². The number of imidazole rings is 1. The molecule has 1 saturated carbocycles. The molecule has 1 aliphatic carbocycles. The molecular formula is C16H20FN6O6P. The fourth-order valence-electron chi connectivity index (χ4n) is 4.23. The van der Waals surface area contributed by atoms with Crippen LogP contribution in [0.3, 0.4) is 0 Å². The van der Waals surface area contributed by atoms with Crippen LogP contribution in [0.25, 0.3) is 11.2 Å². The van der Waals surface area contributed by atoms with Crippen LogP contribution in [-0.2, 0) is 27.9 Å². The summed E-state index contributed by atoms with van der Waals surface area (Å²) in [6.07, 6.45) is -1.19. The molecule has 0 radical (unpaired) electrons. The fourth-order valence-corrected chi connectivity index (χ4v) is 6.33. The number of nitrogens with two attached hydrogens (primary N) is 1. The van der Waals surface area contributed by atoms with Gasteiger partial charge in [-0.1, -0.05) is 6.92 Å². The van der Waals surface area contributed by atoms with Crippen LogP contribution in [0.5, 0.6) is 0 Å². The van der Waals surface area contributed by atoms with Gasteiger partial charge in [0.15, 0.2) is 17.0 Å². The highest BCUT2D eigenvalue weighted by Gasteiger charge is 2.84. The number of ether oxygens (including phenoxy) is 2. The highest BCUT2D eigenvalue weighted by molar-refractivity contribution is 7.52. The monoisotopic (exact) mass is 442 g/mol. The molecule has 0 aromatic carbocycles. The second-order valence-electron chi connectivity index (χ2n) is 7.51. The van der Waals surface area contributed by atoms with Crippen LogP contribution in [0.15, 0.2) is 6.33 Å². The lowest BCUT2D eigenvalue weighted by molar-refractivity contribution is -0.144. The standard InChI is InChI=1S/C16H20FN6O6P/c1-4-26-14(24)7(3)22-30(25)28-10-9-16(10,29-30)6(2)13(27-9)23-5-19-8-11(18)20-15(17)21-12(8)23/h5-7,9-10,13H,4H2,1-3H3,(H,22,25)(H2,18,20,21)/t6-,7+,9-,10?,13-,16+,30-/m1/s1. The van der Waals surface area contributed by atoms with Crippen LogP contribution in [0.2, 0.25) is 0 Å². The lowest BCUT2D eigenvalue weighted by Crippen LogP contribution is -2.35. The maximum Gasteiger partial charge on any atom is 0.407 e. The number of carbonyl (C=O) groups excluding carboxylic acids is 1. The van der Waals surface area contributed by atoms with Gasteiger partial charge in [0.1, 0.15) is 30.1 Å². The second-order valence-corrected chi connectivity index (χ2v) is 9.16. The van der Waals surface area contributed by atoms with Crippen molar-refractivity contribution in [3.63, 3.8) is 0 Å². The van der Waals surface area contributed by atoms with E-state index in [1.807, 2.05) is 6.92 Å². The SMILES string of the molecule is CCOC(=O)[C@H](C)N[P@@]1(=O)OC2[C@H]3O[C@@H](n4cnc5c(N)nc(F)nc54)[C@@H](C)[C@@]23O1. The molecule has 12 nitrogen and oxygen atoms in total. The van der Waals surface area contributed by atoms with Gasteiger partial charge in [-0.2, -0.15) is 14.4 Å². The van der Waals surface area contributed by atoms with Crippen LogP contribution in [0, 0.1) is 12.0 Å². The molecule has 0 bridgehead atoms. The van der Waals surface area contributed by atoms with Crippen molar-refractivity contribution in [2.45, 2.75) is 50.8 Å². The fraction of sp³-hybridized carbons (Fsp3) is 0.625. The van der Waals surface area contributed by atoms with E-state index in [9.17, 15) is 13.8 Å². The highest BCUT2D eigenvalue weighted by atomic mass is 31.2. The summed E-state index contributed by atoms with van der Waals surface area (Å²) >= 11 is 0. The molecule has 2 saturated heterocycles. The highest BCUT2D eigenvalue weighted by Crippen LogP contribution is 2.75. The summed E-state index contributed by atoms with van der Waals surface area (Å²) in [4.78, 5) is 23.2. The Morgan fingerprint density at radius 3 is 3.00 bits per heavy atom. The summed E-state index contributed by atoms with van der Waals surface area (Å²) in [5, 5.41) is 2.60. The van der Waals surface area contributed by atoms with E-state index in [-0.39, 0.29) is 29.5 Å². The molecule has 14 heteroatoms. The van der Waals surface area contributed by atoms with Crippen LogP contribution in [0.4, 0.5) is 10.2 Å². The van der Waals surface area contributed by atoms with E-state index < -0.39 is 49.9 Å². The van der Waals surface area contributed by atoms with Crippen molar-refractivity contribution in [2.24, 2.45) is 5.92 Å². The van der Waals surface area contributed by atoms with Crippen LogP contribution in [-0.4, -0.2) is 55.9 Å². The third kappa shape index (κ3) is 2.63. The molecule has 7 atom stereocenters. The Bertz CT molecular complexity index is 1100. The number of nitrogens with zero attached hydrogens (tertiary/aromatic N) is 4. The maximum absolute atomic E-state index is 13.7. The summed E-state index contributed by atoms with van der Waals surface area (Å²) in [5.41, 5.74) is 5.19. The minimum atomic E-state index is -3.76. The van der Waals surface area contributed by atoms with E-state index in [1.165, 1.54) is 13.3 Å². The quantitative estimate of drug-likeness (QED) is 0.386. The summed E-state index contributed by atoms with van der Waals surface area (Å²) in [5.74, 6) is -0.989. The molecule has 1 spiro atoms. The van der Waals surface area contributed by atoms with Gasteiger partial charge in [0.05, 0.1) is 12.9 Å². The lowest BCUT2D eigenvalue weighted by Gasteiger charge is -2.23. The smallest absolute Gasteiger partial charge is 0.407 e. The van der Waals surface area contributed by atoms with E-state index in [0.29, 0.717) is 0 Å². The average Bonchev–Trinajstić information content (AvgIpc) is 3.00. The number of carbonyl (C=O) groups is 1. The minimum absolute atomic E-state index is 0.0785. The zero-order valence-corrected chi connectivity index (χ0v) is 17.2. The number of aromatic nitrogens is 4. The normalized spacial score (nSPS) is 37.7. The molecule has 0 amide bonds. The Morgan fingerprint density at radius 2 is 2.27 bits per heavy atom. The number of anilines is 1. The summed E-state index contributed by atoms with van der Waals surface area (Å²) in [7, 11) is -3.76. The summed E-state index contributed by atoms with van der Waals surface area (Å²) in [6, 6.07) is -0.878. The van der Waals surface area contributed by atoms with Gasteiger partial charge in [-0.05, 0) is 13.8 Å². The molecule has 2 aliphatic heterocycles. The maximum atomic E-state index is 13.7. The molecule has 2 aromatic rings. The molecule has 2 aromatic heterocycles. The van der Waals surface area contributed by atoms with Gasteiger partial charge in [0, 0.05) is 5.92 Å². The first-order valence-electron chi connectivity index (χ1n) is 9.45. The van der Waals surface area contributed by atoms with E-state index >= 15 is 0 Å². The Morgan fingerprint density at radius 1 is 1.50 bits per heavy atom. The number of hydrogen-bond acceptors (Lipinski definition) is 10. The van der Waals surface area contributed by atoms with Gasteiger partial charge in [0.25, 0.3) is 0 Å². The predicted octanol–water partition coefficient (Wildman–Crippen LogP) is 0.898. The van der Waals surface area contributed by atoms with Crippen LogP contribution < -0.4 is 10.8 Å². The number of nitrogen functional groups attached to an aromatic ring is 1. The van der Waals surface area contributed by atoms with Crippen molar-refractivity contribution >= 4 is 30.7 Å². The van der Waals surface area contributed by atoms with E-state index in [2.05, 4.69) is 20.0 Å². The van der Waals surface area contributed by atoms with E-state index in [0.717, 1.165) is 0 Å². The van der Waals surface area contributed by atoms with Crippen LogP contribution >= 0.6 is 7.75 Å².